The van der Waals surface area contributed by atoms with Crippen LogP contribution in [0.5, 0.6) is 0 Å². The fourth-order valence-corrected chi connectivity index (χ4v) is 2.59. The summed E-state index contributed by atoms with van der Waals surface area (Å²) in [6.07, 6.45) is 0. The number of nitrogens with zero attached hydrogens (tertiary/aromatic N) is 2. The lowest BCUT2D eigenvalue weighted by atomic mass is 10.1. The van der Waals surface area contributed by atoms with Crippen molar-refractivity contribution in [3.8, 4) is 0 Å². The lowest BCUT2D eigenvalue weighted by Gasteiger charge is -2.40. The molecule has 2 rings (SSSR count). The molecule has 2 heterocycles. The molecule has 14 heavy (non-hydrogen) atoms. The zero-order valence-corrected chi connectivity index (χ0v) is 9.55. The van der Waals surface area contributed by atoms with E-state index in [9.17, 15) is 0 Å². The summed E-state index contributed by atoms with van der Waals surface area (Å²) in [5, 5.41) is 5.47. The molecule has 1 aromatic heterocycles. The molecule has 1 aromatic rings. The van der Waals surface area contributed by atoms with Crippen LogP contribution in [0, 0.1) is 0 Å². The summed E-state index contributed by atoms with van der Waals surface area (Å²) in [4.78, 5) is 6.90. The summed E-state index contributed by atoms with van der Waals surface area (Å²) >= 11 is 1.68. The fraction of sp³-hybridized carbons (Fsp3) is 0.700. The molecule has 1 N–H and O–H groups in total. The third-order valence-electron chi connectivity index (χ3n) is 2.97. The number of nitrogens with one attached hydrogen (secondary N) is 1. The summed E-state index contributed by atoms with van der Waals surface area (Å²) in [7, 11) is 0. The third kappa shape index (κ3) is 1.82. The molecule has 0 aliphatic carbocycles. The molecule has 1 unspecified atom stereocenters. The highest BCUT2D eigenvalue weighted by molar-refractivity contribution is 7.07. The molecule has 1 atom stereocenters. The van der Waals surface area contributed by atoms with E-state index in [-0.39, 0.29) is 0 Å². The molecule has 4 heteroatoms. The summed E-state index contributed by atoms with van der Waals surface area (Å²) < 4.78 is 0. The minimum Gasteiger partial charge on any atom is -0.314 e. The number of rotatable bonds is 4. The standard InChI is InChI=1S/C10H17N3S/c1-3-13(9-4-11-5-9)8(2)10-6-14-7-12-10/h6-9,11H,3-5H2,1-2H3. The van der Waals surface area contributed by atoms with Gasteiger partial charge in [-0.3, -0.25) is 4.90 Å². The maximum Gasteiger partial charge on any atom is 0.0795 e. The van der Waals surface area contributed by atoms with Gasteiger partial charge in [0.2, 0.25) is 0 Å². The van der Waals surface area contributed by atoms with Gasteiger partial charge in [-0.2, -0.15) is 0 Å². The van der Waals surface area contributed by atoms with Gasteiger partial charge in [0, 0.05) is 24.5 Å². The van der Waals surface area contributed by atoms with Crippen molar-refractivity contribution < 1.29 is 0 Å². The van der Waals surface area contributed by atoms with Crippen LogP contribution in [-0.2, 0) is 0 Å². The second-order valence-electron chi connectivity index (χ2n) is 3.73. The molecule has 3 nitrogen and oxygen atoms in total. The van der Waals surface area contributed by atoms with Crippen LogP contribution >= 0.6 is 11.3 Å². The molecule has 1 fully saturated rings. The Kier molecular flexibility index (Phi) is 3.15. The Bertz CT molecular complexity index is 269. The predicted octanol–water partition coefficient (Wildman–Crippen LogP) is 1.50. The van der Waals surface area contributed by atoms with Gasteiger partial charge >= 0.3 is 0 Å². The lowest BCUT2D eigenvalue weighted by Crippen LogP contribution is -2.57. The molecule has 78 valence electrons. The minimum absolute atomic E-state index is 0.457. The van der Waals surface area contributed by atoms with E-state index in [0.717, 1.165) is 19.6 Å². The van der Waals surface area contributed by atoms with E-state index in [1.807, 2.05) is 5.51 Å². The van der Waals surface area contributed by atoms with Crippen molar-refractivity contribution >= 4 is 11.3 Å². The molecule has 0 radical (unpaired) electrons. The number of likely N-dealkylation sites (N-methyl/N-ethyl adjacent to an activating group) is 1. The van der Waals surface area contributed by atoms with Crippen LogP contribution in [0.25, 0.3) is 0 Å². The van der Waals surface area contributed by atoms with Gasteiger partial charge in [-0.05, 0) is 13.5 Å². The average Bonchev–Trinajstić information content (AvgIpc) is 2.62. The Balaban J connectivity index is 2.03. The molecule has 0 amide bonds. The van der Waals surface area contributed by atoms with Crippen LogP contribution in [0.15, 0.2) is 10.9 Å². The van der Waals surface area contributed by atoms with Crippen molar-refractivity contribution in [3.05, 3.63) is 16.6 Å². The molecule has 0 spiro atoms. The van der Waals surface area contributed by atoms with Crippen LogP contribution in [0.2, 0.25) is 0 Å². The van der Waals surface area contributed by atoms with Crippen molar-refractivity contribution in [1.82, 2.24) is 15.2 Å². The number of hydrogen-bond donors (Lipinski definition) is 1. The van der Waals surface area contributed by atoms with Gasteiger partial charge < -0.3 is 5.32 Å². The van der Waals surface area contributed by atoms with Crippen molar-refractivity contribution in [2.75, 3.05) is 19.6 Å². The van der Waals surface area contributed by atoms with Gasteiger partial charge in [-0.15, -0.1) is 11.3 Å². The van der Waals surface area contributed by atoms with Gasteiger partial charge in [0.05, 0.1) is 17.2 Å². The van der Waals surface area contributed by atoms with Gasteiger partial charge in [-0.25, -0.2) is 4.98 Å². The zero-order chi connectivity index (χ0) is 9.97. The van der Waals surface area contributed by atoms with E-state index >= 15 is 0 Å². The van der Waals surface area contributed by atoms with Crippen molar-refractivity contribution in [3.63, 3.8) is 0 Å². The second kappa shape index (κ2) is 4.38. The topological polar surface area (TPSA) is 28.2 Å². The molecular weight excluding hydrogens is 194 g/mol. The molecule has 1 saturated heterocycles. The van der Waals surface area contributed by atoms with E-state index in [4.69, 9.17) is 0 Å². The van der Waals surface area contributed by atoms with E-state index < -0.39 is 0 Å². The Hall–Kier alpha value is -0.450. The monoisotopic (exact) mass is 211 g/mol. The molecule has 0 aromatic carbocycles. The summed E-state index contributed by atoms with van der Waals surface area (Å²) in [6.45, 7) is 7.83. The van der Waals surface area contributed by atoms with Crippen molar-refractivity contribution in [2.24, 2.45) is 0 Å². The van der Waals surface area contributed by atoms with Gasteiger partial charge in [0.25, 0.3) is 0 Å². The highest BCUT2D eigenvalue weighted by atomic mass is 32.1. The van der Waals surface area contributed by atoms with Crippen LogP contribution < -0.4 is 5.32 Å². The first-order valence-corrected chi connectivity index (χ1v) is 6.11. The first-order valence-electron chi connectivity index (χ1n) is 5.17. The normalized spacial score (nSPS) is 19.6. The van der Waals surface area contributed by atoms with Gasteiger partial charge in [-0.1, -0.05) is 6.92 Å². The van der Waals surface area contributed by atoms with Crippen LogP contribution in [0.3, 0.4) is 0 Å². The number of aromatic nitrogens is 1. The maximum absolute atomic E-state index is 4.38. The first kappa shape index (κ1) is 10.1. The van der Waals surface area contributed by atoms with Crippen LogP contribution in [-0.4, -0.2) is 35.6 Å². The summed E-state index contributed by atoms with van der Waals surface area (Å²) in [6, 6.07) is 1.16. The fourth-order valence-electron chi connectivity index (χ4n) is 1.95. The molecular formula is C10H17N3S. The smallest absolute Gasteiger partial charge is 0.0795 e. The zero-order valence-electron chi connectivity index (χ0n) is 8.73. The Morgan fingerprint density at radius 3 is 2.93 bits per heavy atom. The molecule has 0 saturated carbocycles. The van der Waals surface area contributed by atoms with E-state index in [1.165, 1.54) is 5.69 Å². The Morgan fingerprint density at radius 2 is 2.50 bits per heavy atom. The third-order valence-corrected chi connectivity index (χ3v) is 3.58. The summed E-state index contributed by atoms with van der Waals surface area (Å²) in [5.41, 5.74) is 3.13. The molecule has 1 aliphatic rings. The van der Waals surface area contributed by atoms with E-state index in [0.29, 0.717) is 12.1 Å². The quantitative estimate of drug-likeness (QED) is 0.818. The predicted molar refractivity (Wildman–Crippen MR) is 59.6 cm³/mol. The van der Waals surface area contributed by atoms with Crippen molar-refractivity contribution in [1.29, 1.82) is 0 Å². The molecule has 0 bridgehead atoms. The highest BCUT2D eigenvalue weighted by Gasteiger charge is 2.28. The lowest BCUT2D eigenvalue weighted by molar-refractivity contribution is 0.108. The maximum atomic E-state index is 4.38. The van der Waals surface area contributed by atoms with Crippen LogP contribution in [0.1, 0.15) is 25.6 Å². The molecule has 1 aliphatic heterocycles. The largest absolute Gasteiger partial charge is 0.314 e. The Morgan fingerprint density at radius 1 is 1.71 bits per heavy atom. The first-order chi connectivity index (χ1) is 6.83. The van der Waals surface area contributed by atoms with Gasteiger partial charge in [0.15, 0.2) is 0 Å². The second-order valence-corrected chi connectivity index (χ2v) is 4.45. The highest BCUT2D eigenvalue weighted by Crippen LogP contribution is 2.23. The minimum atomic E-state index is 0.457. The number of thiazole rings is 1. The van der Waals surface area contributed by atoms with E-state index in [2.05, 4.69) is 34.4 Å². The Labute approximate surface area is 89.1 Å². The average molecular weight is 211 g/mol. The number of hydrogen-bond acceptors (Lipinski definition) is 4. The van der Waals surface area contributed by atoms with Gasteiger partial charge in [0.1, 0.15) is 0 Å². The summed E-state index contributed by atoms with van der Waals surface area (Å²) in [5.74, 6) is 0. The SMILES string of the molecule is CCN(C1CNC1)C(C)c1cscn1. The van der Waals surface area contributed by atoms with Crippen molar-refractivity contribution in [2.45, 2.75) is 25.9 Å². The van der Waals surface area contributed by atoms with E-state index in [1.54, 1.807) is 11.3 Å². The van der Waals surface area contributed by atoms with Crippen LogP contribution in [0.4, 0.5) is 0 Å².